The first-order valence-electron chi connectivity index (χ1n) is 7.90. The molecule has 0 aliphatic rings. The number of amides is 1. The molecule has 9 heteroatoms. The number of carbonyl (C=O) groups is 1. The van der Waals surface area contributed by atoms with Crippen molar-refractivity contribution in [3.8, 4) is 11.4 Å². The van der Waals surface area contributed by atoms with E-state index >= 15 is 0 Å². The van der Waals surface area contributed by atoms with Crippen LogP contribution >= 0.6 is 0 Å². The van der Waals surface area contributed by atoms with Crippen molar-refractivity contribution in [2.75, 3.05) is 0 Å². The zero-order valence-electron chi connectivity index (χ0n) is 14.0. The van der Waals surface area contributed by atoms with E-state index in [1.54, 1.807) is 44.3 Å². The average Bonchev–Trinajstić information content (AvgIpc) is 3.36. The molecule has 0 fully saturated rings. The monoisotopic (exact) mass is 353 g/mol. The van der Waals surface area contributed by atoms with Crippen molar-refractivity contribution in [2.24, 2.45) is 7.05 Å². The molecule has 9 nitrogen and oxygen atoms in total. The van der Waals surface area contributed by atoms with Gasteiger partial charge in [0, 0.05) is 12.6 Å². The third kappa shape index (κ3) is 2.69. The van der Waals surface area contributed by atoms with E-state index < -0.39 is 6.04 Å². The first-order valence-corrected chi connectivity index (χ1v) is 7.90. The Morgan fingerprint density at radius 2 is 2.19 bits per heavy atom. The van der Waals surface area contributed by atoms with Gasteiger partial charge < -0.3 is 19.2 Å². The molecule has 0 radical (unpaired) electrons. The molecular weight excluding hydrogens is 338 g/mol. The largest absolute Gasteiger partial charge is 0.459 e. The van der Waals surface area contributed by atoms with Gasteiger partial charge in [-0.25, -0.2) is 4.79 Å². The highest BCUT2D eigenvalue weighted by Crippen LogP contribution is 2.22. The van der Waals surface area contributed by atoms with E-state index in [9.17, 15) is 9.59 Å². The van der Waals surface area contributed by atoms with Gasteiger partial charge in [0.25, 0.3) is 5.91 Å². The quantitative estimate of drug-likeness (QED) is 0.579. The van der Waals surface area contributed by atoms with Crippen molar-refractivity contribution < 1.29 is 13.7 Å². The minimum Gasteiger partial charge on any atom is -0.459 e. The highest BCUT2D eigenvalue weighted by molar-refractivity contribution is 5.91. The van der Waals surface area contributed by atoms with E-state index in [4.69, 9.17) is 8.94 Å². The molecule has 26 heavy (non-hydrogen) atoms. The van der Waals surface area contributed by atoms with Gasteiger partial charge in [0.15, 0.2) is 5.76 Å². The highest BCUT2D eigenvalue weighted by atomic mass is 16.5. The normalized spacial score (nSPS) is 12.4. The predicted octanol–water partition coefficient (Wildman–Crippen LogP) is 2.00. The maximum absolute atomic E-state index is 12.0. The Morgan fingerprint density at radius 1 is 1.35 bits per heavy atom. The molecule has 0 saturated carbocycles. The lowest BCUT2D eigenvalue weighted by atomic mass is 10.2. The number of furan rings is 1. The third-order valence-corrected chi connectivity index (χ3v) is 4.07. The van der Waals surface area contributed by atoms with Gasteiger partial charge >= 0.3 is 5.69 Å². The summed E-state index contributed by atoms with van der Waals surface area (Å²) in [5.74, 6) is 0.466. The molecule has 132 valence electrons. The number of aryl methyl sites for hydroxylation is 1. The Morgan fingerprint density at radius 3 is 2.96 bits per heavy atom. The summed E-state index contributed by atoms with van der Waals surface area (Å²) in [4.78, 5) is 30.8. The molecule has 1 atom stereocenters. The van der Waals surface area contributed by atoms with E-state index in [0.29, 0.717) is 16.9 Å². The number of H-pyrrole nitrogens is 1. The number of carbonyl (C=O) groups excluding carboxylic acids is 1. The smallest absolute Gasteiger partial charge is 0.326 e. The lowest BCUT2D eigenvalue weighted by molar-refractivity contribution is 0.0904. The number of aromatic amines is 1. The number of nitrogens with zero attached hydrogens (tertiary/aromatic N) is 3. The Labute approximate surface area is 146 Å². The van der Waals surface area contributed by atoms with E-state index in [0.717, 1.165) is 5.52 Å². The Hall–Kier alpha value is -3.62. The zero-order chi connectivity index (χ0) is 18.3. The van der Waals surface area contributed by atoms with Crippen LogP contribution in [0, 0.1) is 0 Å². The molecule has 0 aliphatic heterocycles. The van der Waals surface area contributed by atoms with Gasteiger partial charge in [0.1, 0.15) is 6.04 Å². The fraction of sp³-hybridized carbons (Fsp3) is 0.176. The van der Waals surface area contributed by atoms with Crippen LogP contribution in [0.1, 0.15) is 29.4 Å². The molecule has 2 N–H and O–H groups in total. The SMILES string of the molecule is CC(NC(=O)c1ccco1)c1nc(-c2ccc3c(c2)[nH]c(=O)n3C)no1. The van der Waals surface area contributed by atoms with E-state index in [-0.39, 0.29) is 23.2 Å². The summed E-state index contributed by atoms with van der Waals surface area (Å²) in [5, 5.41) is 6.68. The summed E-state index contributed by atoms with van der Waals surface area (Å²) in [7, 11) is 1.69. The van der Waals surface area contributed by atoms with Gasteiger partial charge in [-0.05, 0) is 37.3 Å². The summed E-state index contributed by atoms with van der Waals surface area (Å²) in [6.45, 7) is 1.73. The average molecular weight is 353 g/mol. The molecule has 0 saturated heterocycles. The van der Waals surface area contributed by atoms with Gasteiger partial charge in [0.2, 0.25) is 11.7 Å². The number of nitrogens with one attached hydrogen (secondary N) is 2. The van der Waals surface area contributed by atoms with Gasteiger partial charge in [-0.1, -0.05) is 5.16 Å². The number of imidazole rings is 1. The topological polar surface area (TPSA) is 119 Å². The van der Waals surface area contributed by atoms with Crippen molar-refractivity contribution in [2.45, 2.75) is 13.0 Å². The minimum absolute atomic E-state index is 0.194. The van der Waals surface area contributed by atoms with Crippen LogP contribution < -0.4 is 11.0 Å². The molecule has 4 rings (SSSR count). The van der Waals surface area contributed by atoms with Gasteiger partial charge in [0.05, 0.1) is 17.3 Å². The molecule has 4 aromatic rings. The number of rotatable bonds is 4. The second-order valence-corrected chi connectivity index (χ2v) is 5.85. The molecule has 0 bridgehead atoms. The molecule has 1 amide bonds. The first kappa shape index (κ1) is 15.9. The fourth-order valence-corrected chi connectivity index (χ4v) is 2.64. The Bertz CT molecular complexity index is 1140. The molecule has 1 unspecified atom stereocenters. The minimum atomic E-state index is -0.492. The number of aromatic nitrogens is 4. The van der Waals surface area contributed by atoms with Crippen LogP contribution in [0.3, 0.4) is 0 Å². The number of hydrogen-bond donors (Lipinski definition) is 2. The maximum Gasteiger partial charge on any atom is 0.326 e. The molecule has 3 aromatic heterocycles. The predicted molar refractivity (Wildman–Crippen MR) is 91.4 cm³/mol. The number of benzene rings is 1. The molecular formula is C17H15N5O4. The number of fused-ring (bicyclic) bond motifs is 1. The Balaban J connectivity index is 1.57. The van der Waals surface area contributed by atoms with Gasteiger partial charge in [-0.15, -0.1) is 0 Å². The summed E-state index contributed by atoms with van der Waals surface area (Å²) >= 11 is 0. The van der Waals surface area contributed by atoms with Crippen molar-refractivity contribution in [1.29, 1.82) is 0 Å². The van der Waals surface area contributed by atoms with Crippen molar-refractivity contribution in [3.05, 3.63) is 58.7 Å². The summed E-state index contributed by atoms with van der Waals surface area (Å²) in [6.07, 6.45) is 1.43. The maximum atomic E-state index is 12.0. The third-order valence-electron chi connectivity index (χ3n) is 4.07. The lowest BCUT2D eigenvalue weighted by Crippen LogP contribution is -2.26. The van der Waals surface area contributed by atoms with Crippen molar-refractivity contribution in [3.63, 3.8) is 0 Å². The van der Waals surface area contributed by atoms with E-state index in [2.05, 4.69) is 20.4 Å². The summed E-state index contributed by atoms with van der Waals surface area (Å²) in [5.41, 5.74) is 1.96. The van der Waals surface area contributed by atoms with Crippen LogP contribution in [0.5, 0.6) is 0 Å². The van der Waals surface area contributed by atoms with Crippen LogP contribution in [0.4, 0.5) is 0 Å². The highest BCUT2D eigenvalue weighted by Gasteiger charge is 2.19. The molecule has 0 aliphatic carbocycles. The van der Waals surface area contributed by atoms with Crippen LogP contribution in [0.15, 0.2) is 50.3 Å². The van der Waals surface area contributed by atoms with Crippen LogP contribution in [0.25, 0.3) is 22.4 Å². The fourth-order valence-electron chi connectivity index (χ4n) is 2.64. The second kappa shape index (κ2) is 6.03. The molecule has 1 aromatic carbocycles. The van der Waals surface area contributed by atoms with E-state index in [1.165, 1.54) is 10.8 Å². The standard InChI is InChI=1S/C17H15N5O4/c1-9(18-15(23)13-4-3-7-25-13)16-20-14(21-26-16)10-5-6-12-11(8-10)19-17(24)22(12)2/h3-9H,1-2H3,(H,18,23)(H,19,24). The molecule has 0 spiro atoms. The number of hydrogen-bond acceptors (Lipinski definition) is 6. The zero-order valence-corrected chi connectivity index (χ0v) is 14.0. The van der Waals surface area contributed by atoms with Crippen LogP contribution in [0.2, 0.25) is 0 Å². The Kier molecular flexibility index (Phi) is 3.68. The van der Waals surface area contributed by atoms with Crippen LogP contribution in [-0.2, 0) is 7.05 Å². The first-order chi connectivity index (χ1) is 12.5. The van der Waals surface area contributed by atoms with Crippen LogP contribution in [-0.4, -0.2) is 25.6 Å². The summed E-state index contributed by atoms with van der Waals surface area (Å²) < 4.78 is 11.8. The molecule has 3 heterocycles. The second-order valence-electron chi connectivity index (χ2n) is 5.85. The van der Waals surface area contributed by atoms with Gasteiger partial charge in [-0.2, -0.15) is 4.98 Å². The van der Waals surface area contributed by atoms with E-state index in [1.807, 2.05) is 0 Å². The van der Waals surface area contributed by atoms with Gasteiger partial charge in [-0.3, -0.25) is 9.36 Å². The summed E-state index contributed by atoms with van der Waals surface area (Å²) in [6, 6.07) is 8.09. The lowest BCUT2D eigenvalue weighted by Gasteiger charge is -2.07. The van der Waals surface area contributed by atoms with Crippen molar-refractivity contribution in [1.82, 2.24) is 25.0 Å². The van der Waals surface area contributed by atoms with Crippen molar-refractivity contribution >= 4 is 16.9 Å².